The van der Waals surface area contributed by atoms with Crippen LogP contribution in [0.5, 0.6) is 0 Å². The predicted octanol–water partition coefficient (Wildman–Crippen LogP) is -0.118. The van der Waals surface area contributed by atoms with Gasteiger partial charge in [0, 0.05) is 7.26 Å². The maximum absolute atomic E-state index is 10.1. The smallest absolute Gasteiger partial charge is 0.220 e. The minimum atomic E-state index is -0.861. The van der Waals surface area contributed by atoms with Crippen molar-refractivity contribution in [1.82, 2.24) is 0 Å². The van der Waals surface area contributed by atoms with E-state index >= 15 is 0 Å². The first-order valence-corrected chi connectivity index (χ1v) is 1.95. The summed E-state index contributed by atoms with van der Waals surface area (Å²) in [4.78, 5) is 10.1. The van der Waals surface area contributed by atoms with E-state index in [0.29, 0.717) is 12.8 Å². The largest absolute Gasteiger partial charge is 0.369 e. The highest BCUT2D eigenvalue weighted by Crippen LogP contribution is 2.27. The predicted molar refractivity (Wildman–Crippen MR) is 21.9 cm³/mol. The Bertz CT molecular complexity index is 108. The number of hydrogen-bond acceptors (Lipinski definition) is 1. The van der Waals surface area contributed by atoms with Gasteiger partial charge in [-0.3, -0.25) is 4.79 Å². The van der Waals surface area contributed by atoms with Crippen LogP contribution in [0.3, 0.4) is 0 Å². The van der Waals surface area contributed by atoms with E-state index in [2.05, 4.69) is 0 Å². The fraction of sp³-hybridized carbons (Fsp3) is 0.750. The van der Waals surface area contributed by atoms with Crippen molar-refractivity contribution < 1.29 is 6.17 Å². The molecule has 0 spiro atoms. The molecule has 1 aliphatic carbocycles. The van der Waals surface area contributed by atoms with E-state index in [-0.39, 0.29) is 0 Å². The summed E-state index contributed by atoms with van der Waals surface area (Å²) in [5.74, 6) is -1.34. The zero-order chi connectivity index (χ0) is 5.49. The molecule has 2 heteroatoms. The standard InChI is InChI=1S/C4H7NO/c5-4(6)3-1-2-3/h3H,1-2H2,(H2,5,6)/i3D. The van der Waals surface area contributed by atoms with Crippen LogP contribution in [0.4, 0.5) is 0 Å². The molecule has 34 valence electrons. The van der Waals surface area contributed by atoms with Gasteiger partial charge in [-0.1, -0.05) is 0 Å². The third-order valence-corrected chi connectivity index (χ3v) is 0.848. The van der Waals surface area contributed by atoms with Gasteiger partial charge in [0.25, 0.3) is 0 Å². The SMILES string of the molecule is [2H]C1(C(N)=O)CC1. The summed E-state index contributed by atoms with van der Waals surface area (Å²) < 4.78 is 7.02. The van der Waals surface area contributed by atoms with Crippen LogP contribution in [0.25, 0.3) is 0 Å². The second-order valence-electron chi connectivity index (χ2n) is 1.47. The van der Waals surface area contributed by atoms with E-state index in [0.717, 1.165) is 0 Å². The molecule has 0 aromatic carbocycles. The first kappa shape index (κ1) is 2.61. The van der Waals surface area contributed by atoms with E-state index in [9.17, 15) is 4.79 Å². The van der Waals surface area contributed by atoms with Gasteiger partial charge in [-0.2, -0.15) is 0 Å². The molecule has 0 aliphatic heterocycles. The fourth-order valence-corrected chi connectivity index (χ4v) is 0.309. The summed E-state index contributed by atoms with van der Waals surface area (Å²) >= 11 is 0. The number of amides is 1. The van der Waals surface area contributed by atoms with Crippen LogP contribution >= 0.6 is 0 Å². The molecule has 1 fully saturated rings. The van der Waals surface area contributed by atoms with Crippen molar-refractivity contribution in [2.75, 3.05) is 0 Å². The second kappa shape index (κ2) is 0.965. The Labute approximate surface area is 37.7 Å². The highest BCUT2D eigenvalue weighted by atomic mass is 16.1. The molecule has 2 N–H and O–H groups in total. The minimum Gasteiger partial charge on any atom is -0.369 e. The summed E-state index contributed by atoms with van der Waals surface area (Å²) in [7, 11) is 0. The summed E-state index contributed by atoms with van der Waals surface area (Å²) in [6, 6.07) is 0. The van der Waals surface area contributed by atoms with Crippen molar-refractivity contribution in [3.8, 4) is 0 Å². The van der Waals surface area contributed by atoms with E-state index in [1.54, 1.807) is 0 Å². The third-order valence-electron chi connectivity index (χ3n) is 0.848. The summed E-state index contributed by atoms with van der Waals surface area (Å²) in [5.41, 5.74) is 4.81. The van der Waals surface area contributed by atoms with Crippen LogP contribution in [0.15, 0.2) is 0 Å². The van der Waals surface area contributed by atoms with Gasteiger partial charge in [0.15, 0.2) is 0 Å². The number of carbonyl (C=O) groups excluding carboxylic acids is 1. The van der Waals surface area contributed by atoms with Gasteiger partial charge in [0.2, 0.25) is 5.91 Å². The average Bonchev–Trinajstić information content (AvgIpc) is 2.21. The van der Waals surface area contributed by atoms with E-state index in [1.165, 1.54) is 0 Å². The highest BCUT2D eigenvalue weighted by molar-refractivity contribution is 5.78. The van der Waals surface area contributed by atoms with Gasteiger partial charge < -0.3 is 5.73 Å². The molecule has 0 aromatic heterocycles. The normalized spacial score (nSPS) is 28.3. The summed E-state index contributed by atoms with van der Waals surface area (Å²) in [6.07, 6.45) is 1.31. The van der Waals surface area contributed by atoms with E-state index in [4.69, 9.17) is 7.10 Å². The van der Waals surface area contributed by atoms with E-state index < -0.39 is 11.8 Å². The lowest BCUT2D eigenvalue weighted by atomic mass is 10.4. The molecule has 0 saturated heterocycles. The Morgan fingerprint density at radius 3 is 2.50 bits per heavy atom. The lowest BCUT2D eigenvalue weighted by Gasteiger charge is -1.77. The zero-order valence-electron chi connectivity index (χ0n) is 4.40. The van der Waals surface area contributed by atoms with Crippen LogP contribution in [0.2, 0.25) is 0 Å². The number of rotatable bonds is 1. The lowest BCUT2D eigenvalue weighted by Crippen LogP contribution is -2.11. The molecular formula is C4H7NO. The van der Waals surface area contributed by atoms with Gasteiger partial charge in [-0.15, -0.1) is 0 Å². The third kappa shape index (κ3) is 0.506. The Balaban J connectivity index is 2.55. The second-order valence-corrected chi connectivity index (χ2v) is 1.47. The van der Waals surface area contributed by atoms with Crippen LogP contribution in [-0.2, 0) is 4.79 Å². The molecule has 0 radical (unpaired) electrons. The molecule has 2 nitrogen and oxygen atoms in total. The Kier molecular flexibility index (Phi) is 0.420. The molecule has 1 rings (SSSR count). The number of carbonyl (C=O) groups is 1. The van der Waals surface area contributed by atoms with Crippen LogP contribution in [-0.4, -0.2) is 5.91 Å². The van der Waals surface area contributed by atoms with Crippen LogP contribution in [0, 0.1) is 5.89 Å². The molecule has 0 atom stereocenters. The highest BCUT2D eigenvalue weighted by Gasteiger charge is 2.26. The molecule has 0 aromatic rings. The van der Waals surface area contributed by atoms with Crippen molar-refractivity contribution in [2.24, 2.45) is 11.6 Å². The Morgan fingerprint density at radius 2 is 2.50 bits per heavy atom. The monoisotopic (exact) mass is 86.1 g/mol. The molecule has 1 aliphatic rings. The lowest BCUT2D eigenvalue weighted by molar-refractivity contribution is -0.119. The first-order chi connectivity index (χ1) is 3.15. The maximum atomic E-state index is 10.1. The van der Waals surface area contributed by atoms with E-state index in [1.807, 2.05) is 0 Å². The van der Waals surface area contributed by atoms with Crippen molar-refractivity contribution in [3.63, 3.8) is 0 Å². The molecule has 0 unspecified atom stereocenters. The van der Waals surface area contributed by atoms with Gasteiger partial charge in [0.05, 0.1) is 0 Å². The number of hydrogen-bond donors (Lipinski definition) is 1. The van der Waals surface area contributed by atoms with Gasteiger partial charge in [-0.05, 0) is 12.8 Å². The topological polar surface area (TPSA) is 43.1 Å². The van der Waals surface area contributed by atoms with Crippen molar-refractivity contribution in [3.05, 3.63) is 0 Å². The van der Waals surface area contributed by atoms with Crippen molar-refractivity contribution >= 4 is 5.91 Å². The zero-order valence-corrected chi connectivity index (χ0v) is 3.40. The Hall–Kier alpha value is -0.530. The minimum absolute atomic E-state index is 0.479. The Morgan fingerprint density at radius 1 is 2.00 bits per heavy atom. The number of primary amides is 1. The molecule has 0 heterocycles. The van der Waals surface area contributed by atoms with Crippen LogP contribution < -0.4 is 5.73 Å². The van der Waals surface area contributed by atoms with Crippen molar-refractivity contribution in [2.45, 2.75) is 12.8 Å². The van der Waals surface area contributed by atoms with Gasteiger partial charge >= 0.3 is 0 Å². The summed E-state index contributed by atoms with van der Waals surface area (Å²) in [6.45, 7) is 0. The molecular weight excluding hydrogens is 78.0 g/mol. The molecule has 6 heavy (non-hydrogen) atoms. The number of nitrogens with two attached hydrogens (primary N) is 1. The maximum Gasteiger partial charge on any atom is 0.220 e. The molecule has 1 saturated carbocycles. The molecule has 0 bridgehead atoms. The fourth-order valence-electron chi connectivity index (χ4n) is 0.309. The van der Waals surface area contributed by atoms with Gasteiger partial charge in [0.1, 0.15) is 0 Å². The molecule has 1 amide bonds. The first-order valence-electron chi connectivity index (χ1n) is 2.45. The average molecular weight is 86.1 g/mol. The summed E-state index contributed by atoms with van der Waals surface area (Å²) in [5, 5.41) is 0. The van der Waals surface area contributed by atoms with Gasteiger partial charge in [-0.25, -0.2) is 0 Å². The van der Waals surface area contributed by atoms with Crippen molar-refractivity contribution in [1.29, 1.82) is 0 Å². The van der Waals surface area contributed by atoms with Crippen LogP contribution in [0.1, 0.15) is 14.2 Å². The quantitative estimate of drug-likeness (QED) is 0.475.